The molecule has 1 aliphatic heterocycles. The monoisotopic (exact) mass is 369 g/mol. The molecule has 0 aliphatic carbocycles. The number of hydrogen-bond acceptors (Lipinski definition) is 3. The molecule has 0 aromatic heterocycles. The van der Waals surface area contributed by atoms with Crippen molar-refractivity contribution >= 4 is 17.8 Å². The second-order valence-corrected chi connectivity index (χ2v) is 6.66. The van der Waals surface area contributed by atoms with E-state index in [9.17, 15) is 18.8 Å². The molecule has 1 heterocycles. The van der Waals surface area contributed by atoms with Crippen molar-refractivity contribution in [1.82, 2.24) is 15.1 Å². The Morgan fingerprint density at radius 3 is 2.41 bits per heavy atom. The molecule has 0 radical (unpaired) electrons. The van der Waals surface area contributed by atoms with E-state index in [4.69, 9.17) is 0 Å². The predicted octanol–water partition coefficient (Wildman–Crippen LogP) is 2.25. The van der Waals surface area contributed by atoms with Gasteiger partial charge in [0.2, 0.25) is 5.91 Å². The van der Waals surface area contributed by atoms with E-state index in [1.807, 2.05) is 30.3 Å². The van der Waals surface area contributed by atoms with E-state index in [2.05, 4.69) is 5.32 Å². The number of likely N-dealkylation sites (N-methyl/N-ethyl adjacent to an activating group) is 1. The van der Waals surface area contributed by atoms with Gasteiger partial charge < -0.3 is 10.2 Å². The molecular weight excluding hydrogens is 349 g/mol. The molecule has 0 bridgehead atoms. The van der Waals surface area contributed by atoms with E-state index >= 15 is 0 Å². The second kappa shape index (κ2) is 7.19. The minimum Gasteiger partial charge on any atom is -0.340 e. The van der Waals surface area contributed by atoms with Gasteiger partial charge in [0.1, 0.15) is 17.9 Å². The van der Waals surface area contributed by atoms with Crippen LogP contribution in [0, 0.1) is 5.82 Å². The van der Waals surface area contributed by atoms with Gasteiger partial charge in [-0.3, -0.25) is 14.5 Å². The average molecular weight is 369 g/mol. The lowest BCUT2D eigenvalue weighted by Crippen LogP contribution is -2.44. The first-order valence-corrected chi connectivity index (χ1v) is 8.50. The van der Waals surface area contributed by atoms with Crippen LogP contribution in [0.2, 0.25) is 0 Å². The van der Waals surface area contributed by atoms with Crippen molar-refractivity contribution in [3.8, 4) is 0 Å². The SMILES string of the molecule is CN(Cc1ccccc1)C(=O)CN1C(=O)NC(C)(c2ccccc2F)C1=O. The maximum Gasteiger partial charge on any atom is 0.325 e. The highest BCUT2D eigenvalue weighted by Crippen LogP contribution is 2.30. The van der Waals surface area contributed by atoms with Crippen molar-refractivity contribution in [2.75, 3.05) is 13.6 Å². The highest BCUT2D eigenvalue weighted by molar-refractivity contribution is 6.09. The molecule has 0 spiro atoms. The third-order valence-corrected chi connectivity index (χ3v) is 4.67. The molecule has 4 amide bonds. The van der Waals surface area contributed by atoms with Gasteiger partial charge in [-0.15, -0.1) is 0 Å². The molecule has 1 unspecified atom stereocenters. The van der Waals surface area contributed by atoms with Crippen LogP contribution in [0.5, 0.6) is 0 Å². The van der Waals surface area contributed by atoms with Gasteiger partial charge in [-0.25, -0.2) is 9.18 Å². The number of nitrogens with one attached hydrogen (secondary N) is 1. The fourth-order valence-corrected chi connectivity index (χ4v) is 3.09. The summed E-state index contributed by atoms with van der Waals surface area (Å²) in [6.07, 6.45) is 0. The first-order chi connectivity index (χ1) is 12.8. The van der Waals surface area contributed by atoms with E-state index in [0.717, 1.165) is 10.5 Å². The van der Waals surface area contributed by atoms with Crippen LogP contribution in [0.25, 0.3) is 0 Å². The molecule has 7 heteroatoms. The van der Waals surface area contributed by atoms with E-state index in [0.29, 0.717) is 6.54 Å². The van der Waals surface area contributed by atoms with Crippen molar-refractivity contribution in [2.45, 2.75) is 19.0 Å². The van der Waals surface area contributed by atoms with Crippen LogP contribution in [0.1, 0.15) is 18.1 Å². The van der Waals surface area contributed by atoms with Crippen LogP contribution < -0.4 is 5.32 Å². The molecule has 1 saturated heterocycles. The van der Waals surface area contributed by atoms with Crippen LogP contribution in [0.15, 0.2) is 54.6 Å². The van der Waals surface area contributed by atoms with Crippen molar-refractivity contribution in [3.63, 3.8) is 0 Å². The molecule has 140 valence electrons. The van der Waals surface area contributed by atoms with Crippen molar-refractivity contribution < 1.29 is 18.8 Å². The zero-order chi connectivity index (χ0) is 19.6. The number of halogens is 1. The smallest absolute Gasteiger partial charge is 0.325 e. The third kappa shape index (κ3) is 3.53. The number of nitrogens with zero attached hydrogens (tertiary/aromatic N) is 2. The second-order valence-electron chi connectivity index (χ2n) is 6.66. The number of rotatable bonds is 5. The molecular formula is C20H20FN3O3. The summed E-state index contributed by atoms with van der Waals surface area (Å²) in [7, 11) is 1.60. The zero-order valence-corrected chi connectivity index (χ0v) is 15.1. The van der Waals surface area contributed by atoms with Gasteiger partial charge in [-0.1, -0.05) is 48.5 Å². The van der Waals surface area contributed by atoms with Gasteiger partial charge >= 0.3 is 6.03 Å². The molecule has 1 atom stereocenters. The Balaban J connectivity index is 1.74. The first kappa shape index (κ1) is 18.6. The summed E-state index contributed by atoms with van der Waals surface area (Å²) in [6, 6.07) is 14.4. The van der Waals surface area contributed by atoms with Gasteiger partial charge in [0.15, 0.2) is 0 Å². The lowest BCUT2D eigenvalue weighted by Gasteiger charge is -2.23. The van der Waals surface area contributed by atoms with Crippen LogP contribution in [0.4, 0.5) is 9.18 Å². The summed E-state index contributed by atoms with van der Waals surface area (Å²) in [4.78, 5) is 39.9. The lowest BCUT2D eigenvalue weighted by atomic mass is 9.91. The largest absolute Gasteiger partial charge is 0.340 e. The molecule has 2 aromatic rings. The van der Waals surface area contributed by atoms with Crippen molar-refractivity contribution in [2.24, 2.45) is 0 Å². The number of benzene rings is 2. The molecule has 1 N–H and O–H groups in total. The number of urea groups is 1. The molecule has 6 nitrogen and oxygen atoms in total. The third-order valence-electron chi connectivity index (χ3n) is 4.67. The van der Waals surface area contributed by atoms with Crippen LogP contribution in [-0.4, -0.2) is 41.2 Å². The van der Waals surface area contributed by atoms with Crippen LogP contribution in [0.3, 0.4) is 0 Å². The summed E-state index contributed by atoms with van der Waals surface area (Å²) < 4.78 is 14.2. The Kier molecular flexibility index (Phi) is 4.94. The molecule has 0 saturated carbocycles. The number of carbonyl (C=O) groups is 3. The fraction of sp³-hybridized carbons (Fsp3) is 0.250. The number of hydrogen-bond donors (Lipinski definition) is 1. The quantitative estimate of drug-likeness (QED) is 0.822. The molecule has 3 rings (SSSR count). The van der Waals surface area contributed by atoms with Crippen molar-refractivity contribution in [1.29, 1.82) is 0 Å². The normalized spacial score (nSPS) is 19.1. The van der Waals surface area contributed by atoms with Gasteiger partial charge in [-0.2, -0.15) is 0 Å². The summed E-state index contributed by atoms with van der Waals surface area (Å²) in [5.41, 5.74) is -0.543. The summed E-state index contributed by atoms with van der Waals surface area (Å²) in [5, 5.41) is 2.51. The summed E-state index contributed by atoms with van der Waals surface area (Å²) >= 11 is 0. The Bertz CT molecular complexity index is 887. The lowest BCUT2D eigenvalue weighted by molar-refractivity contribution is -0.138. The van der Waals surface area contributed by atoms with Gasteiger partial charge in [0, 0.05) is 19.2 Å². The highest BCUT2D eigenvalue weighted by Gasteiger charge is 2.50. The van der Waals surface area contributed by atoms with Gasteiger partial charge in [-0.05, 0) is 18.6 Å². The van der Waals surface area contributed by atoms with Gasteiger partial charge in [0.25, 0.3) is 5.91 Å². The van der Waals surface area contributed by atoms with Gasteiger partial charge in [0.05, 0.1) is 0 Å². The first-order valence-electron chi connectivity index (χ1n) is 8.50. The Morgan fingerprint density at radius 2 is 1.74 bits per heavy atom. The fourth-order valence-electron chi connectivity index (χ4n) is 3.09. The molecule has 2 aromatic carbocycles. The van der Waals surface area contributed by atoms with E-state index < -0.39 is 29.8 Å². The summed E-state index contributed by atoms with van der Waals surface area (Å²) in [6.45, 7) is 1.38. The molecule has 1 aliphatic rings. The molecule has 27 heavy (non-hydrogen) atoms. The topological polar surface area (TPSA) is 69.7 Å². The van der Waals surface area contributed by atoms with Crippen LogP contribution >= 0.6 is 0 Å². The number of imide groups is 1. The van der Waals surface area contributed by atoms with E-state index in [1.54, 1.807) is 13.1 Å². The summed E-state index contributed by atoms with van der Waals surface area (Å²) in [5.74, 6) is -1.64. The minimum absolute atomic E-state index is 0.0657. The Hall–Kier alpha value is -3.22. The maximum absolute atomic E-state index is 14.2. The standard InChI is InChI=1S/C20H20FN3O3/c1-20(15-10-6-7-11-16(15)21)18(26)24(19(27)22-20)13-17(25)23(2)12-14-8-4-3-5-9-14/h3-11H,12-13H2,1-2H3,(H,22,27). The number of amides is 4. The Labute approximate surface area is 156 Å². The van der Waals surface area contributed by atoms with E-state index in [-0.39, 0.29) is 11.5 Å². The minimum atomic E-state index is -1.54. The zero-order valence-electron chi connectivity index (χ0n) is 15.1. The van der Waals surface area contributed by atoms with E-state index in [1.165, 1.54) is 30.0 Å². The predicted molar refractivity (Wildman–Crippen MR) is 96.9 cm³/mol. The maximum atomic E-state index is 14.2. The van der Waals surface area contributed by atoms with Crippen LogP contribution in [-0.2, 0) is 21.7 Å². The van der Waals surface area contributed by atoms with Crippen molar-refractivity contribution in [3.05, 3.63) is 71.5 Å². The average Bonchev–Trinajstić information content (AvgIpc) is 2.86. The Morgan fingerprint density at radius 1 is 1.11 bits per heavy atom. The number of carbonyl (C=O) groups excluding carboxylic acids is 3. The molecule has 1 fully saturated rings. The highest BCUT2D eigenvalue weighted by atomic mass is 19.1.